The van der Waals surface area contributed by atoms with E-state index in [0.29, 0.717) is 27.7 Å². The normalized spacial score (nSPS) is 14.6. The Balaban J connectivity index is 1.72. The first-order valence-corrected chi connectivity index (χ1v) is 16.9. The monoisotopic (exact) mass is 643 g/mol. The van der Waals surface area contributed by atoms with E-state index in [-0.39, 0.29) is 23.4 Å². The predicted molar refractivity (Wildman–Crippen MR) is 173 cm³/mol. The predicted octanol–water partition coefficient (Wildman–Crippen LogP) is 7.06. The van der Waals surface area contributed by atoms with E-state index in [1.165, 1.54) is 17.0 Å². The topological polar surface area (TPSA) is 86.8 Å². The number of halogens is 2. The first-order valence-electron chi connectivity index (χ1n) is 14.7. The number of amides is 2. The molecule has 0 spiro atoms. The minimum absolute atomic E-state index is 0.0617. The van der Waals surface area contributed by atoms with Crippen LogP contribution < -0.4 is 9.62 Å². The van der Waals surface area contributed by atoms with Gasteiger partial charge in [-0.3, -0.25) is 13.9 Å². The number of aryl methyl sites for hydroxylation is 2. The zero-order valence-electron chi connectivity index (χ0n) is 24.9. The fourth-order valence-corrected chi connectivity index (χ4v) is 7.33. The number of rotatable bonds is 11. The van der Waals surface area contributed by atoms with Crippen LogP contribution in [0.15, 0.2) is 71.6 Å². The summed E-state index contributed by atoms with van der Waals surface area (Å²) in [7, 11) is -4.16. The number of carbonyl (C=O) groups excluding carboxylic acids is 2. The van der Waals surface area contributed by atoms with Gasteiger partial charge in [-0.1, -0.05) is 79.2 Å². The van der Waals surface area contributed by atoms with Crippen molar-refractivity contribution in [3.8, 4) is 0 Å². The second kappa shape index (κ2) is 14.6. The maximum atomic E-state index is 14.3. The van der Waals surface area contributed by atoms with Crippen molar-refractivity contribution in [3.05, 3.63) is 93.5 Å². The summed E-state index contributed by atoms with van der Waals surface area (Å²) in [6.07, 6.45) is 5.45. The molecule has 0 bridgehead atoms. The van der Waals surface area contributed by atoms with Crippen LogP contribution in [-0.4, -0.2) is 43.8 Å². The minimum atomic E-state index is -4.16. The van der Waals surface area contributed by atoms with Crippen molar-refractivity contribution in [2.24, 2.45) is 0 Å². The first kappa shape index (κ1) is 32.8. The van der Waals surface area contributed by atoms with Crippen LogP contribution in [0.3, 0.4) is 0 Å². The van der Waals surface area contributed by atoms with Crippen LogP contribution in [-0.2, 0) is 26.2 Å². The lowest BCUT2D eigenvalue weighted by Crippen LogP contribution is -2.54. The van der Waals surface area contributed by atoms with Crippen LogP contribution in [0, 0.1) is 13.8 Å². The summed E-state index contributed by atoms with van der Waals surface area (Å²) < 4.78 is 29.3. The summed E-state index contributed by atoms with van der Waals surface area (Å²) in [5.74, 6) is -0.724. The highest BCUT2D eigenvalue weighted by Crippen LogP contribution is 2.30. The molecule has 0 saturated heterocycles. The summed E-state index contributed by atoms with van der Waals surface area (Å²) in [6.45, 7) is 5.10. The molecule has 1 N–H and O–H groups in total. The fraction of sp³-hybridized carbons (Fsp3) is 0.394. The summed E-state index contributed by atoms with van der Waals surface area (Å²) in [6, 6.07) is 17.7. The van der Waals surface area contributed by atoms with E-state index in [1.807, 2.05) is 13.8 Å². The summed E-state index contributed by atoms with van der Waals surface area (Å²) in [5.41, 5.74) is 2.62. The molecular weight excluding hydrogens is 605 g/mol. The number of hydrogen-bond acceptors (Lipinski definition) is 4. The molecule has 10 heteroatoms. The molecule has 0 aromatic heterocycles. The molecule has 1 unspecified atom stereocenters. The van der Waals surface area contributed by atoms with Gasteiger partial charge in [0.2, 0.25) is 11.8 Å². The molecule has 3 aromatic carbocycles. The molecule has 1 aliphatic carbocycles. The molecule has 0 heterocycles. The maximum absolute atomic E-state index is 14.3. The molecule has 1 aliphatic rings. The molecular formula is C33H39Cl2N3O4S. The van der Waals surface area contributed by atoms with Crippen molar-refractivity contribution in [2.45, 2.75) is 82.8 Å². The third kappa shape index (κ3) is 8.31. The Labute approximate surface area is 265 Å². The van der Waals surface area contributed by atoms with E-state index in [2.05, 4.69) is 5.32 Å². The molecule has 3 aromatic rings. The van der Waals surface area contributed by atoms with E-state index in [4.69, 9.17) is 23.2 Å². The average Bonchev–Trinajstić information content (AvgIpc) is 2.98. The zero-order valence-corrected chi connectivity index (χ0v) is 27.2. The van der Waals surface area contributed by atoms with Gasteiger partial charge in [-0.2, -0.15) is 0 Å². The van der Waals surface area contributed by atoms with Gasteiger partial charge >= 0.3 is 0 Å². The fourth-order valence-electron chi connectivity index (χ4n) is 5.50. The Bertz CT molecular complexity index is 1520. The number of carbonyl (C=O) groups is 2. The van der Waals surface area contributed by atoms with Crippen LogP contribution in [0.25, 0.3) is 0 Å². The highest BCUT2D eigenvalue weighted by molar-refractivity contribution is 7.92. The van der Waals surface area contributed by atoms with Gasteiger partial charge in [-0.25, -0.2) is 8.42 Å². The molecule has 0 radical (unpaired) electrons. The number of hydrogen-bond donors (Lipinski definition) is 1. The number of anilines is 1. The van der Waals surface area contributed by atoms with Gasteiger partial charge in [0.1, 0.15) is 12.6 Å². The van der Waals surface area contributed by atoms with Gasteiger partial charge in [-0.05, 0) is 86.7 Å². The highest BCUT2D eigenvalue weighted by atomic mass is 35.5. The molecule has 1 atom stereocenters. The lowest BCUT2D eigenvalue weighted by atomic mass is 9.95. The first-order chi connectivity index (χ1) is 20.5. The van der Waals surface area contributed by atoms with Crippen LogP contribution in [0.5, 0.6) is 0 Å². The second-order valence-corrected chi connectivity index (χ2v) is 13.9. The Morgan fingerprint density at radius 2 is 1.53 bits per heavy atom. The third-order valence-electron chi connectivity index (χ3n) is 7.92. The second-order valence-electron chi connectivity index (χ2n) is 11.2. The van der Waals surface area contributed by atoms with Crippen molar-refractivity contribution in [3.63, 3.8) is 0 Å². The van der Waals surface area contributed by atoms with Crippen molar-refractivity contribution in [2.75, 3.05) is 10.8 Å². The van der Waals surface area contributed by atoms with Crippen LogP contribution in [0.2, 0.25) is 10.0 Å². The van der Waals surface area contributed by atoms with E-state index >= 15 is 0 Å². The van der Waals surface area contributed by atoms with Crippen molar-refractivity contribution in [1.29, 1.82) is 0 Å². The van der Waals surface area contributed by atoms with Gasteiger partial charge in [0.05, 0.1) is 10.6 Å². The van der Waals surface area contributed by atoms with Gasteiger partial charge < -0.3 is 10.2 Å². The van der Waals surface area contributed by atoms with E-state index in [1.54, 1.807) is 61.5 Å². The van der Waals surface area contributed by atoms with Crippen LogP contribution >= 0.6 is 23.2 Å². The number of benzene rings is 3. The number of sulfonamides is 1. The zero-order chi connectivity index (χ0) is 31.1. The average molecular weight is 645 g/mol. The molecule has 230 valence electrons. The smallest absolute Gasteiger partial charge is 0.264 e. The van der Waals surface area contributed by atoms with Gasteiger partial charge in [0.25, 0.3) is 10.0 Å². The summed E-state index contributed by atoms with van der Waals surface area (Å²) in [4.78, 5) is 29.5. The molecule has 0 aliphatic heterocycles. The summed E-state index contributed by atoms with van der Waals surface area (Å²) in [5, 5.41) is 4.17. The van der Waals surface area contributed by atoms with Crippen LogP contribution in [0.1, 0.15) is 62.1 Å². The molecule has 2 amide bonds. The Kier molecular flexibility index (Phi) is 11.2. The largest absolute Gasteiger partial charge is 0.352 e. The SMILES string of the molecule is CCC(C(=O)NC1CCCCC1)N(Cc1ccc(Cl)cc1)C(=O)CN(c1ccc(Cl)cc1C)S(=O)(=O)c1ccc(C)cc1. The summed E-state index contributed by atoms with van der Waals surface area (Å²) >= 11 is 12.3. The lowest BCUT2D eigenvalue weighted by Gasteiger charge is -2.34. The third-order valence-corrected chi connectivity index (χ3v) is 10.2. The quantitative estimate of drug-likeness (QED) is 0.242. The number of nitrogens with zero attached hydrogens (tertiary/aromatic N) is 2. The standard InChI is InChI=1S/C33H39Cl2N3O4S/c1-4-30(33(40)36-28-8-6-5-7-9-28)37(21-25-12-14-26(34)15-13-25)32(39)22-38(31-19-16-27(35)20-24(31)3)43(41,42)29-17-10-23(2)11-18-29/h10-20,28,30H,4-9,21-22H2,1-3H3,(H,36,40). The minimum Gasteiger partial charge on any atom is -0.352 e. The van der Waals surface area contributed by atoms with Gasteiger partial charge in [0, 0.05) is 22.6 Å². The Morgan fingerprint density at radius 1 is 0.907 bits per heavy atom. The van der Waals surface area contributed by atoms with Crippen molar-refractivity contribution >= 4 is 50.7 Å². The van der Waals surface area contributed by atoms with E-state index < -0.39 is 28.5 Å². The van der Waals surface area contributed by atoms with Crippen LogP contribution in [0.4, 0.5) is 5.69 Å². The van der Waals surface area contributed by atoms with E-state index in [9.17, 15) is 18.0 Å². The molecule has 1 saturated carbocycles. The number of nitrogens with one attached hydrogen (secondary N) is 1. The van der Waals surface area contributed by atoms with Gasteiger partial charge in [0.15, 0.2) is 0 Å². The molecule has 7 nitrogen and oxygen atoms in total. The lowest BCUT2D eigenvalue weighted by molar-refractivity contribution is -0.140. The highest BCUT2D eigenvalue weighted by Gasteiger charge is 2.35. The maximum Gasteiger partial charge on any atom is 0.264 e. The Morgan fingerprint density at radius 3 is 2.14 bits per heavy atom. The van der Waals surface area contributed by atoms with E-state index in [0.717, 1.165) is 47.5 Å². The Hall–Kier alpha value is -3.07. The van der Waals surface area contributed by atoms with Crippen molar-refractivity contribution < 1.29 is 18.0 Å². The molecule has 1 fully saturated rings. The van der Waals surface area contributed by atoms with Gasteiger partial charge in [-0.15, -0.1) is 0 Å². The molecule has 4 rings (SSSR count). The van der Waals surface area contributed by atoms with Crippen molar-refractivity contribution in [1.82, 2.24) is 10.2 Å². The molecule has 43 heavy (non-hydrogen) atoms.